The molecular formula is C14H21NO2S. The van der Waals surface area contributed by atoms with Gasteiger partial charge in [0, 0.05) is 4.90 Å². The van der Waals surface area contributed by atoms with Crippen LogP contribution in [0.5, 0.6) is 0 Å². The number of benzene rings is 1. The van der Waals surface area contributed by atoms with E-state index in [-0.39, 0.29) is 0 Å². The highest BCUT2D eigenvalue weighted by Crippen LogP contribution is 2.24. The number of carboxylic acids is 1. The zero-order chi connectivity index (χ0) is 13.6. The number of likely N-dealkylation sites (N-methyl/N-ethyl adjacent to an activating group) is 1. The third-order valence-electron chi connectivity index (χ3n) is 3.20. The molecule has 0 aliphatic carbocycles. The highest BCUT2D eigenvalue weighted by Gasteiger charge is 2.30. The summed E-state index contributed by atoms with van der Waals surface area (Å²) in [5, 5.41) is 12.0. The zero-order valence-electron chi connectivity index (χ0n) is 11.2. The number of hydrogen-bond donors (Lipinski definition) is 2. The molecule has 1 aromatic rings. The maximum absolute atomic E-state index is 11.1. The first-order valence-electron chi connectivity index (χ1n) is 6.10. The summed E-state index contributed by atoms with van der Waals surface area (Å²) in [5.41, 5.74) is 0.462. The average molecular weight is 267 g/mol. The molecule has 0 aliphatic heterocycles. The molecule has 2 N–H and O–H groups in total. The summed E-state index contributed by atoms with van der Waals surface area (Å²) in [4.78, 5) is 12.4. The molecule has 0 aliphatic rings. The molecule has 100 valence electrons. The second-order valence-corrected chi connectivity index (χ2v) is 5.74. The van der Waals surface area contributed by atoms with Gasteiger partial charge in [-0.25, -0.2) is 0 Å². The largest absolute Gasteiger partial charge is 0.480 e. The van der Waals surface area contributed by atoms with E-state index >= 15 is 0 Å². The second kappa shape index (κ2) is 6.81. The highest BCUT2D eigenvalue weighted by molar-refractivity contribution is 7.99. The first-order chi connectivity index (χ1) is 8.49. The molecule has 0 aromatic heterocycles. The van der Waals surface area contributed by atoms with Crippen LogP contribution in [-0.4, -0.2) is 29.4 Å². The Labute approximate surface area is 113 Å². The maximum Gasteiger partial charge on any atom is 0.323 e. The smallest absolute Gasteiger partial charge is 0.323 e. The molecule has 0 saturated carbocycles. The van der Waals surface area contributed by atoms with E-state index in [9.17, 15) is 4.79 Å². The van der Waals surface area contributed by atoms with Gasteiger partial charge in [-0.1, -0.05) is 18.2 Å². The molecule has 0 bridgehead atoms. The van der Waals surface area contributed by atoms with Crippen LogP contribution in [-0.2, 0) is 4.79 Å². The molecular weight excluding hydrogens is 246 g/mol. The summed E-state index contributed by atoms with van der Waals surface area (Å²) in [6.45, 7) is 3.82. The molecule has 3 nitrogen and oxygen atoms in total. The van der Waals surface area contributed by atoms with Gasteiger partial charge in [-0.15, -0.1) is 11.8 Å². The number of hydrogen-bond acceptors (Lipinski definition) is 3. The van der Waals surface area contributed by atoms with Gasteiger partial charge in [-0.3, -0.25) is 4.79 Å². The number of aryl methyl sites for hydroxylation is 1. The van der Waals surface area contributed by atoms with Gasteiger partial charge in [0.1, 0.15) is 5.54 Å². The van der Waals surface area contributed by atoms with Crippen LogP contribution in [0.3, 0.4) is 0 Å². The highest BCUT2D eigenvalue weighted by atomic mass is 32.2. The summed E-state index contributed by atoms with van der Waals surface area (Å²) in [6, 6.07) is 8.26. The number of aliphatic carboxylic acids is 1. The van der Waals surface area contributed by atoms with Gasteiger partial charge in [0.2, 0.25) is 0 Å². The minimum absolute atomic E-state index is 0.637. The lowest BCUT2D eigenvalue weighted by Crippen LogP contribution is -2.47. The van der Waals surface area contributed by atoms with Crippen molar-refractivity contribution in [2.45, 2.75) is 37.1 Å². The van der Waals surface area contributed by atoms with Crippen LogP contribution in [0.2, 0.25) is 0 Å². The maximum atomic E-state index is 11.1. The van der Waals surface area contributed by atoms with Gasteiger partial charge in [0.15, 0.2) is 0 Å². The molecule has 4 heteroatoms. The monoisotopic (exact) mass is 267 g/mol. The Hall–Kier alpha value is -1.00. The summed E-state index contributed by atoms with van der Waals surface area (Å²) >= 11 is 1.79. The molecule has 0 radical (unpaired) electrons. The minimum Gasteiger partial charge on any atom is -0.480 e. The number of nitrogens with one attached hydrogen (secondary N) is 1. The Kier molecular flexibility index (Phi) is 5.69. The minimum atomic E-state index is -0.813. The number of carboxylic acid groups (broad SMARTS) is 1. The van der Waals surface area contributed by atoms with Crippen molar-refractivity contribution in [2.75, 3.05) is 12.8 Å². The van der Waals surface area contributed by atoms with Gasteiger partial charge in [-0.05, 0) is 51.1 Å². The fourth-order valence-corrected chi connectivity index (χ4v) is 2.64. The molecule has 1 unspecified atom stereocenters. The van der Waals surface area contributed by atoms with E-state index in [0.717, 1.165) is 12.2 Å². The van der Waals surface area contributed by atoms with Crippen molar-refractivity contribution >= 4 is 17.7 Å². The fourth-order valence-electron chi connectivity index (χ4n) is 1.67. The van der Waals surface area contributed by atoms with Crippen LogP contribution in [0.25, 0.3) is 0 Å². The van der Waals surface area contributed by atoms with Crippen molar-refractivity contribution in [1.82, 2.24) is 5.32 Å². The lowest BCUT2D eigenvalue weighted by atomic mass is 9.97. The van der Waals surface area contributed by atoms with Crippen LogP contribution in [0.4, 0.5) is 0 Å². The van der Waals surface area contributed by atoms with E-state index in [4.69, 9.17) is 5.11 Å². The van der Waals surface area contributed by atoms with E-state index in [0.29, 0.717) is 6.42 Å². The molecule has 1 rings (SSSR count). The summed E-state index contributed by atoms with van der Waals surface area (Å²) in [7, 11) is 1.70. The van der Waals surface area contributed by atoms with Gasteiger partial charge < -0.3 is 10.4 Å². The van der Waals surface area contributed by atoms with E-state index in [2.05, 4.69) is 24.4 Å². The van der Waals surface area contributed by atoms with Crippen molar-refractivity contribution in [2.24, 2.45) is 0 Å². The van der Waals surface area contributed by atoms with Crippen molar-refractivity contribution in [1.29, 1.82) is 0 Å². The third-order valence-corrected chi connectivity index (χ3v) is 4.46. The van der Waals surface area contributed by atoms with Crippen molar-refractivity contribution in [3.05, 3.63) is 29.8 Å². The number of rotatable bonds is 7. The number of carbonyl (C=O) groups is 1. The van der Waals surface area contributed by atoms with Crippen LogP contribution in [0.1, 0.15) is 25.3 Å². The van der Waals surface area contributed by atoms with Crippen LogP contribution >= 0.6 is 11.8 Å². The lowest BCUT2D eigenvalue weighted by Gasteiger charge is -2.23. The summed E-state index contributed by atoms with van der Waals surface area (Å²) in [5.74, 6) is 0.154. The lowest BCUT2D eigenvalue weighted by molar-refractivity contribution is -0.144. The molecule has 1 atom stereocenters. The van der Waals surface area contributed by atoms with Crippen LogP contribution < -0.4 is 5.32 Å². The molecule has 1 aromatic carbocycles. The van der Waals surface area contributed by atoms with E-state index in [1.165, 1.54) is 10.5 Å². The van der Waals surface area contributed by atoms with E-state index < -0.39 is 11.5 Å². The molecule has 0 spiro atoms. The van der Waals surface area contributed by atoms with Crippen LogP contribution in [0, 0.1) is 6.92 Å². The molecule has 0 amide bonds. The fraction of sp³-hybridized carbons (Fsp3) is 0.500. The topological polar surface area (TPSA) is 49.3 Å². The Morgan fingerprint density at radius 1 is 1.44 bits per heavy atom. The Morgan fingerprint density at radius 2 is 2.11 bits per heavy atom. The number of thioether (sulfide) groups is 1. The van der Waals surface area contributed by atoms with E-state index in [1.807, 2.05) is 12.1 Å². The normalized spacial score (nSPS) is 14.2. The molecule has 0 heterocycles. The van der Waals surface area contributed by atoms with Gasteiger partial charge in [0.05, 0.1) is 0 Å². The summed E-state index contributed by atoms with van der Waals surface area (Å²) in [6.07, 6.45) is 1.51. The SMILES string of the molecule is CNC(C)(CCCSc1ccccc1C)C(=O)O. The molecule has 18 heavy (non-hydrogen) atoms. The second-order valence-electron chi connectivity index (χ2n) is 4.60. The molecule has 0 saturated heterocycles. The van der Waals surface area contributed by atoms with Gasteiger partial charge >= 0.3 is 5.97 Å². The van der Waals surface area contributed by atoms with Crippen molar-refractivity contribution in [3.63, 3.8) is 0 Å². The average Bonchev–Trinajstić information content (AvgIpc) is 2.36. The predicted octanol–water partition coefficient (Wildman–Crippen LogP) is 2.93. The standard InChI is InChI=1S/C14H21NO2S/c1-11-7-4-5-8-12(11)18-10-6-9-14(2,15-3)13(16)17/h4-5,7-8,15H,6,9-10H2,1-3H3,(H,16,17). The first kappa shape index (κ1) is 15.1. The van der Waals surface area contributed by atoms with E-state index in [1.54, 1.807) is 25.7 Å². The van der Waals surface area contributed by atoms with Gasteiger partial charge in [-0.2, -0.15) is 0 Å². The summed E-state index contributed by atoms with van der Waals surface area (Å²) < 4.78 is 0. The Balaban J connectivity index is 2.39. The first-order valence-corrected chi connectivity index (χ1v) is 7.09. The quantitative estimate of drug-likeness (QED) is 0.589. The van der Waals surface area contributed by atoms with Crippen molar-refractivity contribution in [3.8, 4) is 0 Å². The predicted molar refractivity (Wildman–Crippen MR) is 76.2 cm³/mol. The van der Waals surface area contributed by atoms with Crippen molar-refractivity contribution < 1.29 is 9.90 Å². The molecule has 0 fully saturated rings. The Bertz CT molecular complexity index is 409. The zero-order valence-corrected chi connectivity index (χ0v) is 12.0. The van der Waals surface area contributed by atoms with Gasteiger partial charge in [0.25, 0.3) is 0 Å². The van der Waals surface area contributed by atoms with Crippen LogP contribution in [0.15, 0.2) is 29.2 Å². The third kappa shape index (κ3) is 4.03. The Morgan fingerprint density at radius 3 is 2.67 bits per heavy atom.